The third kappa shape index (κ3) is 7.29. The Morgan fingerprint density at radius 3 is 2.38 bits per heavy atom. The summed E-state index contributed by atoms with van der Waals surface area (Å²) in [5.74, 6) is 0. The van der Waals surface area contributed by atoms with E-state index in [1.54, 1.807) is 25.2 Å². The second kappa shape index (κ2) is 6.53. The number of ether oxygens (including phenoxy) is 1. The minimum Gasteiger partial charge on any atom is -0.371 e. The van der Waals surface area contributed by atoms with E-state index in [4.69, 9.17) is 4.74 Å². The Kier molecular flexibility index (Phi) is 6.11. The smallest absolute Gasteiger partial charge is 0.371 e. The summed E-state index contributed by atoms with van der Waals surface area (Å²) in [6.45, 7) is 10.3. The van der Waals surface area contributed by atoms with E-state index in [0.29, 0.717) is 5.57 Å². The normalized spacial score (nSPS) is 16.1. The fourth-order valence-electron chi connectivity index (χ4n) is 1.14. The van der Waals surface area contributed by atoms with Gasteiger partial charge in [0.1, 0.15) is 0 Å². The van der Waals surface area contributed by atoms with Crippen LogP contribution in [0.25, 0.3) is 0 Å². The van der Waals surface area contributed by atoms with Crippen molar-refractivity contribution < 1.29 is 17.9 Å². The van der Waals surface area contributed by atoms with Crippen molar-refractivity contribution in [1.82, 2.24) is 0 Å². The fourth-order valence-corrected chi connectivity index (χ4v) is 1.14. The quantitative estimate of drug-likeness (QED) is 0.630. The molecule has 0 fully saturated rings. The number of halogens is 3. The van der Waals surface area contributed by atoms with Crippen molar-refractivity contribution in [2.24, 2.45) is 0 Å². The number of hydrogen-bond acceptors (Lipinski definition) is 1. The molecule has 0 radical (unpaired) electrons. The van der Waals surface area contributed by atoms with Gasteiger partial charge in [-0.15, -0.1) is 0 Å². The van der Waals surface area contributed by atoms with Crippen molar-refractivity contribution in [3.05, 3.63) is 37.0 Å². The minimum atomic E-state index is -4.20. The number of hydrogen-bond donors (Lipinski definition) is 0. The number of rotatable bonds is 6. The molecule has 0 amide bonds. The number of allylic oxidation sites excluding steroid dienone is 2. The molecule has 0 aromatic rings. The Morgan fingerprint density at radius 1 is 1.38 bits per heavy atom. The molecule has 0 aromatic heterocycles. The van der Waals surface area contributed by atoms with Gasteiger partial charge in [0.15, 0.2) is 0 Å². The predicted octanol–water partition coefficient (Wildman–Crippen LogP) is 4.03. The van der Waals surface area contributed by atoms with E-state index < -0.39 is 24.8 Å². The molecule has 0 aliphatic carbocycles. The van der Waals surface area contributed by atoms with Crippen LogP contribution in [0.3, 0.4) is 0 Å². The van der Waals surface area contributed by atoms with Crippen LogP contribution in [0.4, 0.5) is 13.2 Å². The molecule has 0 N–H and O–H groups in total. The Bertz CT molecular complexity index is 266. The molecule has 0 aliphatic heterocycles. The van der Waals surface area contributed by atoms with Gasteiger partial charge in [0.2, 0.25) is 0 Å². The molecule has 92 valence electrons. The molecule has 0 aromatic carbocycles. The molecule has 4 heteroatoms. The second-order valence-corrected chi connectivity index (χ2v) is 3.58. The lowest BCUT2D eigenvalue weighted by molar-refractivity contribution is -0.161. The second-order valence-electron chi connectivity index (χ2n) is 3.58. The zero-order valence-corrected chi connectivity index (χ0v) is 9.55. The summed E-state index contributed by atoms with van der Waals surface area (Å²) in [6, 6.07) is 0. The van der Waals surface area contributed by atoms with E-state index in [1.807, 2.05) is 0 Å². The maximum Gasteiger partial charge on any atom is 0.391 e. The van der Waals surface area contributed by atoms with Crippen LogP contribution in [0.5, 0.6) is 0 Å². The van der Waals surface area contributed by atoms with Gasteiger partial charge in [-0.1, -0.05) is 31.4 Å². The van der Waals surface area contributed by atoms with Gasteiger partial charge in [0, 0.05) is 0 Å². The van der Waals surface area contributed by atoms with Gasteiger partial charge in [-0.3, -0.25) is 0 Å². The maximum absolute atomic E-state index is 12.0. The highest BCUT2D eigenvalue weighted by Gasteiger charge is 2.31. The van der Waals surface area contributed by atoms with Crippen molar-refractivity contribution >= 4 is 0 Å². The van der Waals surface area contributed by atoms with Crippen LogP contribution in [0.2, 0.25) is 0 Å². The third-order valence-electron chi connectivity index (χ3n) is 1.92. The molecule has 2 unspecified atom stereocenters. The summed E-state index contributed by atoms with van der Waals surface area (Å²) >= 11 is 0. The highest BCUT2D eigenvalue weighted by atomic mass is 19.4. The number of alkyl halides is 3. The van der Waals surface area contributed by atoms with Gasteiger partial charge in [-0.2, -0.15) is 13.2 Å². The van der Waals surface area contributed by atoms with Crippen LogP contribution in [0, 0.1) is 0 Å². The van der Waals surface area contributed by atoms with Crippen molar-refractivity contribution in [3.63, 3.8) is 0 Å². The summed E-state index contributed by atoms with van der Waals surface area (Å²) in [5.41, 5.74) is 0.619. The zero-order valence-electron chi connectivity index (χ0n) is 9.55. The standard InChI is InChI=1S/C12H17F3O/c1-5-6-7-9(2)11(4)16-10(3)8-12(13,14)15/h5-7,10-11H,1-2,8H2,3-4H3/b7-6-. The average Bonchev–Trinajstić information content (AvgIpc) is 2.10. The summed E-state index contributed by atoms with van der Waals surface area (Å²) in [4.78, 5) is 0. The minimum absolute atomic E-state index is 0.437. The molecule has 0 spiro atoms. The van der Waals surface area contributed by atoms with Gasteiger partial charge in [-0.05, 0) is 19.4 Å². The van der Waals surface area contributed by atoms with Crippen LogP contribution in [0.15, 0.2) is 37.0 Å². The fraction of sp³-hybridized carbons (Fsp3) is 0.500. The first-order valence-corrected chi connectivity index (χ1v) is 4.96. The average molecular weight is 234 g/mol. The SMILES string of the molecule is C=C/C=C\C(=C)C(C)OC(C)CC(F)(F)F. The first-order chi connectivity index (χ1) is 7.26. The lowest BCUT2D eigenvalue weighted by atomic mass is 10.1. The van der Waals surface area contributed by atoms with E-state index in [1.165, 1.54) is 6.92 Å². The Morgan fingerprint density at radius 2 is 1.94 bits per heavy atom. The van der Waals surface area contributed by atoms with Crippen molar-refractivity contribution in [2.45, 2.75) is 38.7 Å². The topological polar surface area (TPSA) is 9.23 Å². The van der Waals surface area contributed by atoms with Crippen LogP contribution in [-0.2, 0) is 4.74 Å². The molecule has 1 nitrogen and oxygen atoms in total. The monoisotopic (exact) mass is 234 g/mol. The molecule has 0 bridgehead atoms. The third-order valence-corrected chi connectivity index (χ3v) is 1.92. The van der Waals surface area contributed by atoms with E-state index in [-0.39, 0.29) is 0 Å². The first-order valence-electron chi connectivity index (χ1n) is 4.96. The van der Waals surface area contributed by atoms with Crippen LogP contribution < -0.4 is 0 Å². The van der Waals surface area contributed by atoms with Crippen LogP contribution in [-0.4, -0.2) is 18.4 Å². The lowest BCUT2D eigenvalue weighted by Gasteiger charge is -2.20. The molecular weight excluding hydrogens is 217 g/mol. The van der Waals surface area contributed by atoms with Gasteiger partial charge in [-0.25, -0.2) is 0 Å². The summed E-state index contributed by atoms with van der Waals surface area (Å²) < 4.78 is 41.3. The molecule has 0 heterocycles. The van der Waals surface area contributed by atoms with Crippen LogP contribution in [0.1, 0.15) is 20.3 Å². The molecule has 0 saturated carbocycles. The van der Waals surface area contributed by atoms with E-state index >= 15 is 0 Å². The van der Waals surface area contributed by atoms with Gasteiger partial charge < -0.3 is 4.74 Å². The first kappa shape index (κ1) is 15.0. The summed E-state index contributed by atoms with van der Waals surface area (Å²) in [6.07, 6.45) is -1.56. The molecular formula is C12H17F3O. The molecule has 0 rings (SSSR count). The maximum atomic E-state index is 12.0. The van der Waals surface area contributed by atoms with Gasteiger partial charge in [0.25, 0.3) is 0 Å². The largest absolute Gasteiger partial charge is 0.391 e. The highest BCUT2D eigenvalue weighted by molar-refractivity contribution is 5.21. The molecule has 16 heavy (non-hydrogen) atoms. The molecule has 2 atom stereocenters. The zero-order chi connectivity index (χ0) is 12.8. The Balaban J connectivity index is 4.13. The lowest BCUT2D eigenvalue weighted by Crippen LogP contribution is -2.24. The Hall–Kier alpha value is -1.03. The molecule has 0 aliphatic rings. The summed E-state index contributed by atoms with van der Waals surface area (Å²) in [5, 5.41) is 0. The van der Waals surface area contributed by atoms with E-state index in [2.05, 4.69) is 13.2 Å². The van der Waals surface area contributed by atoms with E-state index in [0.717, 1.165) is 0 Å². The van der Waals surface area contributed by atoms with Crippen molar-refractivity contribution in [2.75, 3.05) is 0 Å². The van der Waals surface area contributed by atoms with Crippen LogP contribution >= 0.6 is 0 Å². The van der Waals surface area contributed by atoms with Crippen molar-refractivity contribution in [1.29, 1.82) is 0 Å². The Labute approximate surface area is 94.3 Å². The van der Waals surface area contributed by atoms with Gasteiger partial charge >= 0.3 is 6.18 Å². The molecule has 0 saturated heterocycles. The summed E-state index contributed by atoms with van der Waals surface area (Å²) in [7, 11) is 0. The van der Waals surface area contributed by atoms with Crippen molar-refractivity contribution in [3.8, 4) is 0 Å². The van der Waals surface area contributed by atoms with E-state index in [9.17, 15) is 13.2 Å². The van der Waals surface area contributed by atoms with Gasteiger partial charge in [0.05, 0.1) is 18.6 Å². The highest BCUT2D eigenvalue weighted by Crippen LogP contribution is 2.24. The predicted molar refractivity (Wildman–Crippen MR) is 59.2 cm³/mol.